The van der Waals surface area contributed by atoms with Crippen LogP contribution in [0.2, 0.25) is 0 Å². The highest BCUT2D eigenvalue weighted by molar-refractivity contribution is 5.85. The molecule has 1 N–H and O–H groups in total. The molecule has 0 amide bonds. The summed E-state index contributed by atoms with van der Waals surface area (Å²) in [4.78, 5) is 2.64. The van der Waals surface area contributed by atoms with Crippen LogP contribution in [0.25, 0.3) is 0 Å². The third-order valence-electron chi connectivity index (χ3n) is 4.70. The Morgan fingerprint density at radius 3 is 2.41 bits per heavy atom. The van der Waals surface area contributed by atoms with Gasteiger partial charge in [-0.2, -0.15) is 0 Å². The van der Waals surface area contributed by atoms with Crippen LogP contribution in [0.15, 0.2) is 0 Å². The first-order valence-electron chi connectivity index (χ1n) is 7.00. The zero-order valence-corrected chi connectivity index (χ0v) is 12.5. The third kappa shape index (κ3) is 4.11. The first kappa shape index (κ1) is 15.3. The average molecular weight is 261 g/mol. The van der Waals surface area contributed by atoms with Crippen molar-refractivity contribution in [1.82, 2.24) is 10.2 Å². The summed E-state index contributed by atoms with van der Waals surface area (Å²) < 4.78 is 0. The smallest absolute Gasteiger partial charge is 0.00926 e. The molecule has 2 aliphatic rings. The fourth-order valence-corrected chi connectivity index (χ4v) is 3.42. The lowest BCUT2D eigenvalue weighted by Gasteiger charge is -2.38. The van der Waals surface area contributed by atoms with Crippen LogP contribution >= 0.6 is 12.4 Å². The molecular formula is C14H29ClN2. The van der Waals surface area contributed by atoms with Crippen molar-refractivity contribution in [2.75, 3.05) is 26.7 Å². The molecule has 1 saturated carbocycles. The Morgan fingerprint density at radius 2 is 1.88 bits per heavy atom. The van der Waals surface area contributed by atoms with E-state index in [-0.39, 0.29) is 12.4 Å². The minimum atomic E-state index is 0. The van der Waals surface area contributed by atoms with Gasteiger partial charge in [0.15, 0.2) is 0 Å². The van der Waals surface area contributed by atoms with E-state index in [0.717, 1.165) is 12.0 Å². The number of nitrogens with one attached hydrogen (secondary N) is 1. The van der Waals surface area contributed by atoms with E-state index < -0.39 is 0 Å². The molecule has 1 aliphatic heterocycles. The number of hydrogen-bond acceptors (Lipinski definition) is 2. The monoisotopic (exact) mass is 260 g/mol. The second kappa shape index (κ2) is 6.40. The minimum Gasteiger partial charge on any atom is -0.316 e. The van der Waals surface area contributed by atoms with Crippen LogP contribution in [0, 0.1) is 11.3 Å². The summed E-state index contributed by atoms with van der Waals surface area (Å²) in [5, 5.41) is 3.50. The Kier molecular flexibility index (Phi) is 5.75. The lowest BCUT2D eigenvalue weighted by atomic mass is 9.84. The number of rotatable bonds is 3. The maximum absolute atomic E-state index is 3.50. The van der Waals surface area contributed by atoms with Gasteiger partial charge < -0.3 is 10.2 Å². The summed E-state index contributed by atoms with van der Waals surface area (Å²) in [6.45, 7) is 8.54. The Bertz CT molecular complexity index is 218. The van der Waals surface area contributed by atoms with Crippen molar-refractivity contribution in [1.29, 1.82) is 0 Å². The molecule has 1 saturated heterocycles. The molecule has 1 aliphatic carbocycles. The fraction of sp³-hybridized carbons (Fsp3) is 1.00. The summed E-state index contributed by atoms with van der Waals surface area (Å²) >= 11 is 0. The highest BCUT2D eigenvalue weighted by atomic mass is 35.5. The van der Waals surface area contributed by atoms with Crippen molar-refractivity contribution in [2.24, 2.45) is 11.3 Å². The van der Waals surface area contributed by atoms with Crippen LogP contribution in [0.5, 0.6) is 0 Å². The zero-order valence-electron chi connectivity index (χ0n) is 11.7. The van der Waals surface area contributed by atoms with Gasteiger partial charge in [0.2, 0.25) is 0 Å². The first-order valence-corrected chi connectivity index (χ1v) is 7.00. The molecule has 1 atom stereocenters. The molecular weight excluding hydrogens is 232 g/mol. The van der Waals surface area contributed by atoms with Gasteiger partial charge >= 0.3 is 0 Å². The summed E-state index contributed by atoms with van der Waals surface area (Å²) in [5.74, 6) is 0.966. The lowest BCUT2D eigenvalue weighted by Crippen LogP contribution is -2.42. The molecule has 102 valence electrons. The number of hydrogen-bond donors (Lipinski definition) is 1. The van der Waals surface area contributed by atoms with Gasteiger partial charge in [0.25, 0.3) is 0 Å². The summed E-state index contributed by atoms with van der Waals surface area (Å²) in [7, 11) is 2.34. The Hall–Kier alpha value is 0.210. The van der Waals surface area contributed by atoms with Crippen LogP contribution < -0.4 is 5.32 Å². The van der Waals surface area contributed by atoms with E-state index >= 15 is 0 Å². The maximum atomic E-state index is 3.50. The van der Waals surface area contributed by atoms with Crippen molar-refractivity contribution in [3.05, 3.63) is 0 Å². The SMILES string of the molecule is CC1CCC(N(C)CC2(C)CCNC2)CC1.Cl. The van der Waals surface area contributed by atoms with E-state index in [0.29, 0.717) is 5.41 Å². The van der Waals surface area contributed by atoms with Gasteiger partial charge in [-0.1, -0.05) is 13.8 Å². The molecule has 0 aromatic heterocycles. The quantitative estimate of drug-likeness (QED) is 0.840. The summed E-state index contributed by atoms with van der Waals surface area (Å²) in [6.07, 6.45) is 7.05. The van der Waals surface area contributed by atoms with Crippen LogP contribution in [0.4, 0.5) is 0 Å². The van der Waals surface area contributed by atoms with E-state index in [1.165, 1.54) is 51.7 Å². The topological polar surface area (TPSA) is 15.3 Å². The Balaban J connectivity index is 0.00000144. The molecule has 0 spiro atoms. The molecule has 1 heterocycles. The van der Waals surface area contributed by atoms with E-state index in [4.69, 9.17) is 0 Å². The van der Waals surface area contributed by atoms with Crippen LogP contribution in [-0.2, 0) is 0 Å². The second-order valence-corrected chi connectivity index (χ2v) is 6.57. The van der Waals surface area contributed by atoms with Gasteiger partial charge in [0.1, 0.15) is 0 Å². The Labute approximate surface area is 113 Å². The molecule has 1 unspecified atom stereocenters. The summed E-state index contributed by atoms with van der Waals surface area (Å²) in [5.41, 5.74) is 0.526. The average Bonchev–Trinajstić information content (AvgIpc) is 2.65. The molecule has 0 aromatic carbocycles. The predicted octanol–water partition coefficient (Wildman–Crippen LogP) is 2.92. The lowest BCUT2D eigenvalue weighted by molar-refractivity contribution is 0.121. The van der Waals surface area contributed by atoms with Crippen molar-refractivity contribution < 1.29 is 0 Å². The normalized spacial score (nSPS) is 38.1. The van der Waals surface area contributed by atoms with Crippen LogP contribution in [-0.4, -0.2) is 37.6 Å². The van der Waals surface area contributed by atoms with Gasteiger partial charge in [-0.25, -0.2) is 0 Å². The number of nitrogens with zero attached hydrogens (tertiary/aromatic N) is 1. The zero-order chi connectivity index (χ0) is 11.6. The molecule has 17 heavy (non-hydrogen) atoms. The first-order chi connectivity index (χ1) is 7.59. The highest BCUT2D eigenvalue weighted by Crippen LogP contribution is 2.30. The van der Waals surface area contributed by atoms with E-state index in [2.05, 4.69) is 31.1 Å². The predicted molar refractivity (Wildman–Crippen MR) is 76.9 cm³/mol. The van der Waals surface area contributed by atoms with Crippen molar-refractivity contribution in [3.63, 3.8) is 0 Å². The van der Waals surface area contributed by atoms with Crippen molar-refractivity contribution in [3.8, 4) is 0 Å². The van der Waals surface area contributed by atoms with E-state index in [9.17, 15) is 0 Å². The maximum Gasteiger partial charge on any atom is 0.00926 e. The van der Waals surface area contributed by atoms with Crippen molar-refractivity contribution in [2.45, 2.75) is 52.0 Å². The largest absolute Gasteiger partial charge is 0.316 e. The molecule has 2 fully saturated rings. The molecule has 0 bridgehead atoms. The van der Waals surface area contributed by atoms with Crippen LogP contribution in [0.1, 0.15) is 46.0 Å². The van der Waals surface area contributed by atoms with Crippen LogP contribution in [0.3, 0.4) is 0 Å². The van der Waals surface area contributed by atoms with Gasteiger partial charge in [-0.05, 0) is 57.0 Å². The second-order valence-electron chi connectivity index (χ2n) is 6.57. The van der Waals surface area contributed by atoms with Crippen molar-refractivity contribution >= 4 is 12.4 Å². The fourth-order valence-electron chi connectivity index (χ4n) is 3.42. The minimum absolute atomic E-state index is 0. The molecule has 3 heteroatoms. The number of halogens is 1. The van der Waals surface area contributed by atoms with Gasteiger partial charge in [-0.3, -0.25) is 0 Å². The molecule has 2 nitrogen and oxygen atoms in total. The van der Waals surface area contributed by atoms with Gasteiger partial charge in [-0.15, -0.1) is 12.4 Å². The van der Waals surface area contributed by atoms with E-state index in [1.54, 1.807) is 0 Å². The van der Waals surface area contributed by atoms with E-state index in [1.807, 2.05) is 0 Å². The standard InChI is InChI=1S/C14H28N2.ClH/c1-12-4-6-13(7-5-12)16(3)11-14(2)8-9-15-10-14;/h12-13,15H,4-11H2,1-3H3;1H. The molecule has 2 rings (SSSR count). The third-order valence-corrected chi connectivity index (χ3v) is 4.70. The molecule has 0 aromatic rings. The highest BCUT2D eigenvalue weighted by Gasteiger charge is 2.32. The van der Waals surface area contributed by atoms with Gasteiger partial charge in [0.05, 0.1) is 0 Å². The summed E-state index contributed by atoms with van der Waals surface area (Å²) in [6, 6.07) is 0.855. The Morgan fingerprint density at radius 1 is 1.24 bits per heavy atom. The van der Waals surface area contributed by atoms with Gasteiger partial charge in [0, 0.05) is 19.1 Å². The molecule has 0 radical (unpaired) electrons.